The summed E-state index contributed by atoms with van der Waals surface area (Å²) in [7, 11) is 0. The highest BCUT2D eigenvalue weighted by molar-refractivity contribution is 6.30. The average molecular weight is 213 g/mol. The quantitative estimate of drug-likeness (QED) is 0.836. The van der Waals surface area contributed by atoms with Crippen molar-refractivity contribution in [2.24, 2.45) is 5.92 Å². The number of benzene rings is 1. The molecule has 0 bridgehead atoms. The smallest absolute Gasteiger partial charge is 0.135 e. The van der Waals surface area contributed by atoms with E-state index >= 15 is 0 Å². The van der Waals surface area contributed by atoms with E-state index in [9.17, 15) is 9.90 Å². The number of rotatable bonds is 3. The lowest BCUT2D eigenvalue weighted by Crippen LogP contribution is -2.16. The summed E-state index contributed by atoms with van der Waals surface area (Å²) in [5.41, 5.74) is 0.720. The Morgan fingerprint density at radius 2 is 1.86 bits per heavy atom. The number of hydrogen-bond donors (Lipinski definition) is 1. The highest BCUT2D eigenvalue weighted by atomic mass is 35.5. The second-order valence-corrected chi connectivity index (χ2v) is 3.83. The van der Waals surface area contributed by atoms with E-state index in [1.807, 2.05) is 0 Å². The van der Waals surface area contributed by atoms with E-state index in [0.29, 0.717) is 5.02 Å². The Bertz CT molecular complexity index is 319. The molecule has 0 unspecified atom stereocenters. The fourth-order valence-corrected chi connectivity index (χ4v) is 1.30. The van der Waals surface area contributed by atoms with Crippen LogP contribution in [0, 0.1) is 5.92 Å². The minimum absolute atomic E-state index is 0.0209. The zero-order valence-corrected chi connectivity index (χ0v) is 8.95. The van der Waals surface area contributed by atoms with Crippen LogP contribution in [0.1, 0.15) is 25.5 Å². The maximum absolute atomic E-state index is 11.0. The van der Waals surface area contributed by atoms with Crippen LogP contribution in [0.5, 0.6) is 0 Å². The minimum atomic E-state index is -0.746. The van der Waals surface area contributed by atoms with Crippen LogP contribution in [0.4, 0.5) is 0 Å². The first-order valence-corrected chi connectivity index (χ1v) is 4.84. The highest BCUT2D eigenvalue weighted by Crippen LogP contribution is 2.23. The summed E-state index contributed by atoms with van der Waals surface area (Å²) < 4.78 is 0. The molecule has 2 atom stereocenters. The van der Waals surface area contributed by atoms with E-state index in [2.05, 4.69) is 0 Å². The van der Waals surface area contributed by atoms with Gasteiger partial charge in [0.2, 0.25) is 0 Å². The SMILES string of the molecule is CC(=O)[C@H](C)[C@@H](O)c1ccc(Cl)cc1. The second-order valence-electron chi connectivity index (χ2n) is 3.40. The number of aliphatic hydroxyl groups excluding tert-OH is 1. The van der Waals surface area contributed by atoms with Gasteiger partial charge in [-0.3, -0.25) is 4.79 Å². The molecule has 0 aromatic heterocycles. The third kappa shape index (κ3) is 2.56. The predicted octanol–water partition coefficient (Wildman–Crippen LogP) is 2.60. The average Bonchev–Trinajstić information content (AvgIpc) is 2.16. The molecule has 3 heteroatoms. The molecule has 0 saturated carbocycles. The molecule has 0 aliphatic heterocycles. The topological polar surface area (TPSA) is 37.3 Å². The molecule has 0 aliphatic carbocycles. The Labute approximate surface area is 88.5 Å². The monoisotopic (exact) mass is 212 g/mol. The number of aliphatic hydroxyl groups is 1. The summed E-state index contributed by atoms with van der Waals surface area (Å²) in [6.07, 6.45) is -0.746. The molecule has 1 rings (SSSR count). The largest absolute Gasteiger partial charge is 0.388 e. The molecule has 76 valence electrons. The molecule has 0 fully saturated rings. The summed E-state index contributed by atoms with van der Waals surface area (Å²) in [5.74, 6) is -0.399. The van der Waals surface area contributed by atoms with E-state index in [-0.39, 0.29) is 11.7 Å². The van der Waals surface area contributed by atoms with E-state index in [1.165, 1.54) is 6.92 Å². The van der Waals surface area contributed by atoms with Crippen molar-refractivity contribution in [3.63, 3.8) is 0 Å². The van der Waals surface area contributed by atoms with Gasteiger partial charge in [0, 0.05) is 10.9 Å². The molecular formula is C11H13ClO2. The van der Waals surface area contributed by atoms with Gasteiger partial charge in [0.15, 0.2) is 0 Å². The fraction of sp³-hybridized carbons (Fsp3) is 0.364. The van der Waals surface area contributed by atoms with Gasteiger partial charge in [-0.05, 0) is 24.6 Å². The number of carbonyl (C=O) groups excluding carboxylic acids is 1. The Hall–Kier alpha value is -0.860. The fourth-order valence-electron chi connectivity index (χ4n) is 1.17. The summed E-state index contributed by atoms with van der Waals surface area (Å²) in [4.78, 5) is 11.0. The van der Waals surface area contributed by atoms with Crippen molar-refractivity contribution in [1.82, 2.24) is 0 Å². The molecular weight excluding hydrogens is 200 g/mol. The normalized spacial score (nSPS) is 14.9. The van der Waals surface area contributed by atoms with Crippen molar-refractivity contribution < 1.29 is 9.90 Å². The zero-order chi connectivity index (χ0) is 10.7. The maximum atomic E-state index is 11.0. The van der Waals surface area contributed by atoms with Crippen LogP contribution in [0.2, 0.25) is 5.02 Å². The number of ketones is 1. The van der Waals surface area contributed by atoms with Gasteiger partial charge in [-0.1, -0.05) is 30.7 Å². The van der Waals surface area contributed by atoms with Gasteiger partial charge < -0.3 is 5.11 Å². The van der Waals surface area contributed by atoms with Gasteiger partial charge >= 0.3 is 0 Å². The van der Waals surface area contributed by atoms with Gasteiger partial charge in [-0.25, -0.2) is 0 Å². The van der Waals surface area contributed by atoms with Gasteiger partial charge in [0.1, 0.15) is 5.78 Å². The van der Waals surface area contributed by atoms with Crippen LogP contribution >= 0.6 is 11.6 Å². The molecule has 14 heavy (non-hydrogen) atoms. The van der Waals surface area contributed by atoms with Gasteiger partial charge in [0.25, 0.3) is 0 Å². The Balaban J connectivity index is 2.84. The lowest BCUT2D eigenvalue weighted by Gasteiger charge is -2.16. The van der Waals surface area contributed by atoms with E-state index in [1.54, 1.807) is 31.2 Å². The molecule has 0 amide bonds. The first kappa shape index (κ1) is 11.2. The van der Waals surface area contributed by atoms with Crippen molar-refractivity contribution in [2.75, 3.05) is 0 Å². The molecule has 1 aromatic rings. The molecule has 0 radical (unpaired) electrons. The molecule has 1 aromatic carbocycles. The van der Waals surface area contributed by atoms with Crippen LogP contribution in [-0.2, 0) is 4.79 Å². The highest BCUT2D eigenvalue weighted by Gasteiger charge is 2.19. The third-order valence-electron chi connectivity index (χ3n) is 2.33. The van der Waals surface area contributed by atoms with Crippen LogP contribution < -0.4 is 0 Å². The molecule has 0 spiro atoms. The number of Topliss-reactive ketones (excluding diaryl/α,β-unsaturated/α-hetero) is 1. The predicted molar refractivity (Wildman–Crippen MR) is 56.3 cm³/mol. The lowest BCUT2D eigenvalue weighted by molar-refractivity contribution is -0.123. The molecule has 1 N–H and O–H groups in total. The molecule has 2 nitrogen and oxygen atoms in total. The number of hydrogen-bond acceptors (Lipinski definition) is 2. The van der Waals surface area contributed by atoms with E-state index < -0.39 is 6.10 Å². The van der Waals surface area contributed by atoms with E-state index in [0.717, 1.165) is 5.56 Å². The first-order valence-electron chi connectivity index (χ1n) is 4.46. The minimum Gasteiger partial charge on any atom is -0.388 e. The van der Waals surface area contributed by atoms with Gasteiger partial charge in [-0.2, -0.15) is 0 Å². The van der Waals surface area contributed by atoms with Crippen LogP contribution in [0.25, 0.3) is 0 Å². The van der Waals surface area contributed by atoms with E-state index in [4.69, 9.17) is 11.6 Å². The summed E-state index contributed by atoms with van der Waals surface area (Å²) in [5, 5.41) is 10.4. The Morgan fingerprint density at radius 3 is 2.29 bits per heavy atom. The van der Waals surface area contributed by atoms with Crippen molar-refractivity contribution >= 4 is 17.4 Å². The van der Waals surface area contributed by atoms with Crippen molar-refractivity contribution in [1.29, 1.82) is 0 Å². The second kappa shape index (κ2) is 4.58. The zero-order valence-electron chi connectivity index (χ0n) is 8.20. The molecule has 0 aliphatic rings. The molecule has 0 saturated heterocycles. The summed E-state index contributed by atoms with van der Waals surface area (Å²) >= 11 is 5.71. The Morgan fingerprint density at radius 1 is 1.36 bits per heavy atom. The van der Waals surface area contributed by atoms with Gasteiger partial charge in [0.05, 0.1) is 6.10 Å². The summed E-state index contributed by atoms with van der Waals surface area (Å²) in [6.45, 7) is 3.19. The van der Waals surface area contributed by atoms with Crippen molar-refractivity contribution in [2.45, 2.75) is 20.0 Å². The standard InChI is InChI=1S/C11H13ClO2/c1-7(8(2)13)11(14)9-3-5-10(12)6-4-9/h3-7,11,14H,1-2H3/t7-,11+/m0/s1. The summed E-state index contributed by atoms with van der Waals surface area (Å²) in [6, 6.07) is 6.86. The maximum Gasteiger partial charge on any atom is 0.135 e. The van der Waals surface area contributed by atoms with Crippen molar-refractivity contribution in [3.8, 4) is 0 Å². The number of carbonyl (C=O) groups is 1. The van der Waals surface area contributed by atoms with Crippen LogP contribution in [-0.4, -0.2) is 10.9 Å². The van der Waals surface area contributed by atoms with Crippen molar-refractivity contribution in [3.05, 3.63) is 34.9 Å². The van der Waals surface area contributed by atoms with Crippen LogP contribution in [0.15, 0.2) is 24.3 Å². The van der Waals surface area contributed by atoms with Gasteiger partial charge in [-0.15, -0.1) is 0 Å². The lowest BCUT2D eigenvalue weighted by atomic mass is 9.94. The number of halogens is 1. The van der Waals surface area contributed by atoms with Crippen LogP contribution in [0.3, 0.4) is 0 Å². The third-order valence-corrected chi connectivity index (χ3v) is 2.58. The Kier molecular flexibility index (Phi) is 3.67. The molecule has 0 heterocycles. The first-order chi connectivity index (χ1) is 6.52.